The Balaban J connectivity index is 5.18. The molecule has 0 aliphatic carbocycles. The largest absolute Gasteiger partial charge is 0.472 e. The van der Waals surface area contributed by atoms with E-state index in [1.165, 1.54) is 154 Å². The average Bonchev–Trinajstić information content (AvgIpc) is 3.64. The van der Waals surface area contributed by atoms with E-state index in [-0.39, 0.29) is 25.7 Å². The molecule has 0 bridgehead atoms. The zero-order chi connectivity index (χ0) is 63.5. The number of phosphoric ester groups is 2. The summed E-state index contributed by atoms with van der Waals surface area (Å²) in [6.07, 6.45) is 45.9. The summed E-state index contributed by atoms with van der Waals surface area (Å²) in [6.45, 7) is 7.16. The van der Waals surface area contributed by atoms with Crippen LogP contribution >= 0.6 is 15.6 Å². The Morgan fingerprint density at radius 3 is 0.791 bits per heavy atom. The number of esters is 4. The van der Waals surface area contributed by atoms with Crippen molar-refractivity contribution >= 4 is 39.5 Å². The maximum absolute atomic E-state index is 13.0. The van der Waals surface area contributed by atoms with Gasteiger partial charge in [-0.1, -0.05) is 291 Å². The number of ether oxygens (including phenoxy) is 4. The Morgan fingerprint density at radius 2 is 0.535 bits per heavy atom. The zero-order valence-corrected chi connectivity index (χ0v) is 57.2. The molecule has 0 spiro atoms. The minimum Gasteiger partial charge on any atom is -0.462 e. The van der Waals surface area contributed by atoms with E-state index in [9.17, 15) is 43.2 Å². The summed E-state index contributed by atoms with van der Waals surface area (Å²) in [5.41, 5.74) is 0. The molecule has 0 aromatic rings. The van der Waals surface area contributed by atoms with E-state index in [1.54, 1.807) is 0 Å². The SMILES string of the molecule is CCCCCCCCCCCCCCCCCCCC(=O)O[C@H](COC(=O)CCCCCCCCCCCCC(C)C)COP(=O)(O)OC[C@@H](O)COP(=O)(O)OC[C@@H](COC(=O)CCCCCCCCCC)OC(=O)CCCCCCCCCC. The second-order valence-electron chi connectivity index (χ2n) is 24.7. The zero-order valence-electron chi connectivity index (χ0n) is 55.4. The van der Waals surface area contributed by atoms with E-state index in [2.05, 4.69) is 34.6 Å². The fourth-order valence-corrected chi connectivity index (χ4v) is 11.7. The highest BCUT2D eigenvalue weighted by Crippen LogP contribution is 2.45. The Morgan fingerprint density at radius 1 is 0.314 bits per heavy atom. The lowest BCUT2D eigenvalue weighted by molar-refractivity contribution is -0.161. The number of hydrogen-bond donors (Lipinski definition) is 3. The lowest BCUT2D eigenvalue weighted by atomic mass is 10.0. The first-order valence-corrected chi connectivity index (χ1v) is 38.1. The number of hydrogen-bond acceptors (Lipinski definition) is 15. The van der Waals surface area contributed by atoms with Gasteiger partial charge >= 0.3 is 39.5 Å². The van der Waals surface area contributed by atoms with Crippen molar-refractivity contribution in [3.63, 3.8) is 0 Å². The molecule has 0 amide bonds. The minimum absolute atomic E-state index is 0.105. The van der Waals surface area contributed by atoms with E-state index in [0.29, 0.717) is 25.7 Å². The molecule has 510 valence electrons. The van der Waals surface area contributed by atoms with Crippen molar-refractivity contribution in [2.24, 2.45) is 5.92 Å². The molecule has 0 heterocycles. The number of carbonyl (C=O) groups is 4. The van der Waals surface area contributed by atoms with E-state index >= 15 is 0 Å². The van der Waals surface area contributed by atoms with Gasteiger partial charge in [-0.2, -0.15) is 0 Å². The molecule has 0 fully saturated rings. The van der Waals surface area contributed by atoms with Gasteiger partial charge in [-0.3, -0.25) is 37.3 Å². The molecule has 0 aromatic heterocycles. The van der Waals surface area contributed by atoms with Gasteiger partial charge < -0.3 is 33.8 Å². The predicted molar refractivity (Wildman–Crippen MR) is 345 cm³/mol. The van der Waals surface area contributed by atoms with E-state index < -0.39 is 97.5 Å². The summed E-state index contributed by atoms with van der Waals surface area (Å²) in [5, 5.41) is 10.5. The molecule has 0 saturated carbocycles. The van der Waals surface area contributed by atoms with Gasteiger partial charge in [0.05, 0.1) is 26.4 Å². The molecule has 86 heavy (non-hydrogen) atoms. The second kappa shape index (κ2) is 60.6. The van der Waals surface area contributed by atoms with Gasteiger partial charge in [0.25, 0.3) is 0 Å². The Kier molecular flexibility index (Phi) is 59.2. The standard InChI is InChI=1S/C67H130O17P2/c1-6-9-12-15-18-21-22-23-24-25-26-27-28-33-38-43-48-53-67(72)84-63(57-78-65(70)51-46-41-37-32-30-29-31-34-39-44-49-60(4)5)59-82-86(75,76)80-55-61(68)54-79-85(73,74)81-58-62(83-66(71)52-47-42-36-20-17-14-11-8-3)56-77-64(69)50-45-40-35-19-16-13-10-7-2/h60-63,68H,6-59H2,1-5H3,(H,73,74)(H,75,76)/t61-,62+,63+/m0/s1. The number of aliphatic hydroxyl groups excluding tert-OH is 1. The Hall–Kier alpha value is -1.94. The van der Waals surface area contributed by atoms with Crippen molar-refractivity contribution in [1.29, 1.82) is 0 Å². The van der Waals surface area contributed by atoms with Crippen LogP contribution in [0.4, 0.5) is 0 Å². The quantitative estimate of drug-likeness (QED) is 0.0222. The van der Waals surface area contributed by atoms with Gasteiger partial charge in [0.2, 0.25) is 0 Å². The molecule has 0 saturated heterocycles. The van der Waals surface area contributed by atoms with Crippen LogP contribution in [0.1, 0.15) is 343 Å². The van der Waals surface area contributed by atoms with Gasteiger partial charge in [0.1, 0.15) is 19.3 Å². The molecule has 0 aromatic carbocycles. The first-order chi connectivity index (χ1) is 41.5. The maximum atomic E-state index is 13.0. The van der Waals surface area contributed by atoms with Crippen molar-refractivity contribution in [2.75, 3.05) is 39.6 Å². The highest BCUT2D eigenvalue weighted by atomic mass is 31.2. The molecule has 0 rings (SSSR count). The molecule has 0 aliphatic heterocycles. The highest BCUT2D eigenvalue weighted by Gasteiger charge is 2.30. The smallest absolute Gasteiger partial charge is 0.462 e. The third-order valence-corrected chi connectivity index (χ3v) is 17.4. The first-order valence-electron chi connectivity index (χ1n) is 35.1. The van der Waals surface area contributed by atoms with Crippen molar-refractivity contribution < 1.29 is 80.2 Å². The number of rotatable bonds is 67. The molecule has 19 heteroatoms. The molecule has 3 N–H and O–H groups in total. The first kappa shape index (κ1) is 84.1. The third-order valence-electron chi connectivity index (χ3n) is 15.5. The van der Waals surface area contributed by atoms with Crippen LogP contribution < -0.4 is 0 Å². The van der Waals surface area contributed by atoms with Gasteiger partial charge in [0.15, 0.2) is 12.2 Å². The summed E-state index contributed by atoms with van der Waals surface area (Å²) in [5.74, 6) is -1.37. The topological polar surface area (TPSA) is 237 Å². The van der Waals surface area contributed by atoms with Crippen LogP contribution in [-0.2, 0) is 65.4 Å². The fourth-order valence-electron chi connectivity index (χ4n) is 10.1. The predicted octanol–water partition coefficient (Wildman–Crippen LogP) is 19.0. The number of unbranched alkanes of at least 4 members (excludes halogenated alkanes) is 39. The molecule has 5 atom stereocenters. The highest BCUT2D eigenvalue weighted by molar-refractivity contribution is 7.47. The summed E-state index contributed by atoms with van der Waals surface area (Å²) >= 11 is 0. The minimum atomic E-state index is -4.95. The molecular weight excluding hydrogens is 1140 g/mol. The van der Waals surface area contributed by atoms with Crippen molar-refractivity contribution in [3.8, 4) is 0 Å². The van der Waals surface area contributed by atoms with Crippen LogP contribution in [0.25, 0.3) is 0 Å². The van der Waals surface area contributed by atoms with Crippen LogP contribution in [0, 0.1) is 5.92 Å². The summed E-state index contributed by atoms with van der Waals surface area (Å²) in [7, 11) is -9.88. The summed E-state index contributed by atoms with van der Waals surface area (Å²) in [4.78, 5) is 72.2. The van der Waals surface area contributed by atoms with Crippen LogP contribution in [0.3, 0.4) is 0 Å². The lowest BCUT2D eigenvalue weighted by Crippen LogP contribution is -2.30. The normalized spacial score (nSPS) is 14.2. The molecule has 0 aliphatic rings. The monoisotopic (exact) mass is 1270 g/mol. The van der Waals surface area contributed by atoms with Gasteiger partial charge in [0, 0.05) is 25.7 Å². The summed E-state index contributed by atoms with van der Waals surface area (Å²) in [6, 6.07) is 0. The van der Waals surface area contributed by atoms with Crippen LogP contribution in [-0.4, -0.2) is 96.7 Å². The van der Waals surface area contributed by atoms with Crippen LogP contribution in [0.2, 0.25) is 0 Å². The Labute approximate surface area is 524 Å². The molecule has 0 radical (unpaired) electrons. The third kappa shape index (κ3) is 60.9. The van der Waals surface area contributed by atoms with Crippen LogP contribution in [0.15, 0.2) is 0 Å². The Bertz CT molecular complexity index is 1670. The van der Waals surface area contributed by atoms with E-state index in [4.69, 9.17) is 37.0 Å². The fraction of sp³-hybridized carbons (Fsp3) is 0.940. The van der Waals surface area contributed by atoms with Crippen molar-refractivity contribution in [1.82, 2.24) is 0 Å². The molecular formula is C67H130O17P2. The van der Waals surface area contributed by atoms with Gasteiger partial charge in [-0.15, -0.1) is 0 Å². The van der Waals surface area contributed by atoms with Crippen LogP contribution in [0.5, 0.6) is 0 Å². The lowest BCUT2D eigenvalue weighted by Gasteiger charge is -2.21. The number of phosphoric acid groups is 2. The average molecular weight is 1270 g/mol. The number of aliphatic hydroxyl groups is 1. The van der Waals surface area contributed by atoms with E-state index in [0.717, 1.165) is 109 Å². The second-order valence-corrected chi connectivity index (χ2v) is 27.6. The maximum Gasteiger partial charge on any atom is 0.472 e. The van der Waals surface area contributed by atoms with E-state index in [1.807, 2.05) is 0 Å². The summed E-state index contributed by atoms with van der Waals surface area (Å²) < 4.78 is 68.0. The van der Waals surface area contributed by atoms with Gasteiger partial charge in [-0.25, -0.2) is 9.13 Å². The molecule has 17 nitrogen and oxygen atoms in total. The van der Waals surface area contributed by atoms with Crippen molar-refractivity contribution in [3.05, 3.63) is 0 Å². The number of carbonyl (C=O) groups excluding carboxylic acids is 4. The van der Waals surface area contributed by atoms with Crippen molar-refractivity contribution in [2.45, 2.75) is 361 Å². The van der Waals surface area contributed by atoms with Gasteiger partial charge in [-0.05, 0) is 31.6 Å². The molecule has 2 unspecified atom stereocenters.